The van der Waals surface area contributed by atoms with Crippen LogP contribution in [0.1, 0.15) is 6.92 Å². The Hall–Kier alpha value is -1.34. The molecule has 0 radical (unpaired) electrons. The molecule has 0 aromatic heterocycles. The fourth-order valence-electron chi connectivity index (χ4n) is 1.44. The first kappa shape index (κ1) is 15.1. The number of hydrogen-bond donors (Lipinski definition) is 0. The van der Waals surface area contributed by atoms with Crippen LogP contribution in [0, 0.1) is 0 Å². The van der Waals surface area contributed by atoms with E-state index in [9.17, 15) is 8.42 Å². The maximum atomic E-state index is 11.9. The van der Waals surface area contributed by atoms with Crippen molar-refractivity contribution in [3.8, 4) is 0 Å². The van der Waals surface area contributed by atoms with Crippen LogP contribution in [-0.4, -0.2) is 14.7 Å². The third-order valence-corrected chi connectivity index (χ3v) is 4.52. The van der Waals surface area contributed by atoms with E-state index in [1.807, 2.05) is 12.1 Å². The van der Waals surface area contributed by atoms with Crippen LogP contribution in [-0.2, 0) is 30.5 Å². The molecule has 4 nitrogen and oxygen atoms in total. The highest BCUT2D eigenvalue weighted by atomic mass is 32.2. The maximum absolute atomic E-state index is 11.9. The summed E-state index contributed by atoms with van der Waals surface area (Å²) in [5, 5.41) is 0. The van der Waals surface area contributed by atoms with Crippen LogP contribution < -0.4 is 0 Å². The highest BCUT2D eigenvalue weighted by Crippen LogP contribution is 2.13. The first-order valence-corrected chi connectivity index (χ1v) is 8.09. The Morgan fingerprint density at radius 1 is 0.750 bits per heavy atom. The second kappa shape index (κ2) is 7.44. The normalized spacial score (nSPS) is 15.4. The van der Waals surface area contributed by atoms with Gasteiger partial charge in [0.05, 0.1) is 9.79 Å². The van der Waals surface area contributed by atoms with Gasteiger partial charge in [0.15, 0.2) is 28.5 Å². The minimum absolute atomic E-state index is 0.536. The summed E-state index contributed by atoms with van der Waals surface area (Å²) in [6, 6.07) is 17.5. The Labute approximate surface area is 123 Å². The van der Waals surface area contributed by atoms with Crippen molar-refractivity contribution in [2.45, 2.75) is 23.0 Å². The van der Waals surface area contributed by atoms with E-state index in [-0.39, 0.29) is 0 Å². The Morgan fingerprint density at radius 3 is 1.45 bits per heavy atom. The molecule has 0 saturated carbocycles. The fraction of sp³-hybridized carbons (Fsp3) is 0.143. The SMILES string of the molecule is CC(OS(=O)c1ccccc1)OS(=O)c1ccccc1. The van der Waals surface area contributed by atoms with Crippen LogP contribution in [0.2, 0.25) is 0 Å². The molecular formula is C14H14O4S2. The molecule has 0 aliphatic carbocycles. The lowest BCUT2D eigenvalue weighted by atomic mass is 10.4. The van der Waals surface area contributed by atoms with Crippen LogP contribution in [0.5, 0.6) is 0 Å². The summed E-state index contributed by atoms with van der Waals surface area (Å²) >= 11 is -3.29. The maximum Gasteiger partial charge on any atom is 0.191 e. The van der Waals surface area contributed by atoms with Gasteiger partial charge in [-0.1, -0.05) is 36.4 Å². The van der Waals surface area contributed by atoms with Gasteiger partial charge in [0.25, 0.3) is 0 Å². The quantitative estimate of drug-likeness (QED) is 0.770. The molecule has 0 saturated heterocycles. The largest absolute Gasteiger partial charge is 0.254 e. The van der Waals surface area contributed by atoms with Gasteiger partial charge >= 0.3 is 0 Å². The Morgan fingerprint density at radius 2 is 1.10 bits per heavy atom. The second-order valence-electron chi connectivity index (χ2n) is 3.86. The predicted molar refractivity (Wildman–Crippen MR) is 77.3 cm³/mol. The number of benzene rings is 2. The Balaban J connectivity index is 1.91. The molecule has 0 aliphatic rings. The smallest absolute Gasteiger partial charge is 0.191 e. The molecule has 0 amide bonds. The molecule has 0 fully saturated rings. The molecule has 6 heteroatoms. The van der Waals surface area contributed by atoms with Crippen molar-refractivity contribution in [3.63, 3.8) is 0 Å². The van der Waals surface area contributed by atoms with E-state index >= 15 is 0 Å². The molecule has 20 heavy (non-hydrogen) atoms. The van der Waals surface area contributed by atoms with E-state index in [2.05, 4.69) is 0 Å². The van der Waals surface area contributed by atoms with Gasteiger partial charge in [-0.3, -0.25) is 8.37 Å². The molecule has 0 bridgehead atoms. The van der Waals surface area contributed by atoms with E-state index in [1.165, 1.54) is 0 Å². The van der Waals surface area contributed by atoms with Gasteiger partial charge < -0.3 is 0 Å². The second-order valence-corrected chi connectivity index (χ2v) is 6.12. The summed E-state index contributed by atoms with van der Waals surface area (Å²) in [7, 11) is 0. The van der Waals surface area contributed by atoms with Crippen LogP contribution >= 0.6 is 0 Å². The monoisotopic (exact) mass is 310 g/mol. The third-order valence-electron chi connectivity index (χ3n) is 2.32. The van der Waals surface area contributed by atoms with Gasteiger partial charge in [0, 0.05) is 0 Å². The van der Waals surface area contributed by atoms with Crippen molar-refractivity contribution in [3.05, 3.63) is 60.7 Å². The average molecular weight is 310 g/mol. The lowest BCUT2D eigenvalue weighted by Crippen LogP contribution is -2.16. The molecule has 2 atom stereocenters. The van der Waals surface area contributed by atoms with Gasteiger partial charge in [-0.2, -0.15) is 0 Å². The van der Waals surface area contributed by atoms with E-state index in [0.29, 0.717) is 9.79 Å². The van der Waals surface area contributed by atoms with Crippen molar-refractivity contribution in [1.29, 1.82) is 0 Å². The number of hydrogen-bond acceptors (Lipinski definition) is 4. The molecule has 2 rings (SSSR count). The Kier molecular flexibility index (Phi) is 5.60. The third kappa shape index (κ3) is 4.35. The summed E-state index contributed by atoms with van der Waals surface area (Å²) in [6.07, 6.45) is -0.850. The molecule has 2 aromatic rings. The van der Waals surface area contributed by atoms with Gasteiger partial charge in [-0.25, -0.2) is 8.42 Å². The highest BCUT2D eigenvalue weighted by Gasteiger charge is 2.14. The highest BCUT2D eigenvalue weighted by molar-refractivity contribution is 7.81. The van der Waals surface area contributed by atoms with Gasteiger partial charge in [0.2, 0.25) is 0 Å². The number of rotatable bonds is 6. The van der Waals surface area contributed by atoms with Gasteiger partial charge in [0.1, 0.15) is 0 Å². The molecule has 0 N–H and O–H groups in total. The Bertz CT molecular complexity index is 533. The summed E-state index contributed by atoms with van der Waals surface area (Å²) < 4.78 is 34.1. The topological polar surface area (TPSA) is 52.6 Å². The minimum atomic E-state index is -1.65. The van der Waals surface area contributed by atoms with Crippen molar-refractivity contribution in [2.24, 2.45) is 0 Å². The van der Waals surface area contributed by atoms with Crippen molar-refractivity contribution in [1.82, 2.24) is 0 Å². The molecule has 0 aliphatic heterocycles. The first-order chi connectivity index (χ1) is 9.66. The zero-order valence-electron chi connectivity index (χ0n) is 10.8. The van der Waals surface area contributed by atoms with E-state index < -0.39 is 28.5 Å². The van der Waals surface area contributed by atoms with Crippen LogP contribution in [0.4, 0.5) is 0 Å². The standard InChI is InChI=1S/C14H14O4S2/c1-12(17-19(15)13-8-4-2-5-9-13)18-20(16)14-10-6-3-7-11-14/h2-12H,1H3. The predicted octanol–water partition coefficient (Wildman–Crippen LogP) is 2.81. The molecule has 106 valence electrons. The molecule has 2 aromatic carbocycles. The average Bonchev–Trinajstić information content (AvgIpc) is 2.49. The van der Waals surface area contributed by atoms with Gasteiger partial charge in [-0.05, 0) is 31.2 Å². The van der Waals surface area contributed by atoms with Gasteiger partial charge in [-0.15, -0.1) is 0 Å². The van der Waals surface area contributed by atoms with E-state index in [1.54, 1.807) is 55.5 Å². The van der Waals surface area contributed by atoms with Crippen molar-refractivity contribution >= 4 is 22.2 Å². The lowest BCUT2D eigenvalue weighted by Gasteiger charge is -2.11. The zero-order valence-corrected chi connectivity index (χ0v) is 12.4. The lowest BCUT2D eigenvalue weighted by molar-refractivity contribution is 0.0469. The first-order valence-electron chi connectivity index (χ1n) is 5.95. The summed E-state index contributed by atoms with van der Waals surface area (Å²) in [6.45, 7) is 1.56. The van der Waals surface area contributed by atoms with Crippen LogP contribution in [0.25, 0.3) is 0 Å². The molecular weight excluding hydrogens is 296 g/mol. The molecule has 2 unspecified atom stereocenters. The summed E-state index contributed by atoms with van der Waals surface area (Å²) in [5.41, 5.74) is 0. The van der Waals surface area contributed by atoms with Crippen LogP contribution in [0.15, 0.2) is 70.5 Å². The summed E-state index contributed by atoms with van der Waals surface area (Å²) in [4.78, 5) is 1.07. The molecule has 0 heterocycles. The van der Waals surface area contributed by atoms with E-state index in [4.69, 9.17) is 8.37 Å². The van der Waals surface area contributed by atoms with E-state index in [0.717, 1.165) is 0 Å². The van der Waals surface area contributed by atoms with Crippen LogP contribution in [0.3, 0.4) is 0 Å². The van der Waals surface area contributed by atoms with Crippen molar-refractivity contribution in [2.75, 3.05) is 0 Å². The molecule has 0 spiro atoms. The summed E-state index contributed by atoms with van der Waals surface area (Å²) in [5.74, 6) is 0. The minimum Gasteiger partial charge on any atom is -0.254 e. The fourth-order valence-corrected chi connectivity index (χ4v) is 3.04. The van der Waals surface area contributed by atoms with Crippen molar-refractivity contribution < 1.29 is 16.8 Å². The zero-order chi connectivity index (χ0) is 14.4.